The van der Waals surface area contributed by atoms with E-state index in [4.69, 9.17) is 17.3 Å². The van der Waals surface area contributed by atoms with Crippen molar-refractivity contribution in [2.45, 2.75) is 57.5 Å². The molecule has 4 heteroatoms. The molecule has 0 radical (unpaired) electrons. The fraction of sp³-hybridized carbons (Fsp3) is 0.588. The fourth-order valence-electron chi connectivity index (χ4n) is 3.27. The summed E-state index contributed by atoms with van der Waals surface area (Å²) in [5.41, 5.74) is 6.73. The van der Waals surface area contributed by atoms with Crippen LogP contribution in [0.5, 0.6) is 0 Å². The summed E-state index contributed by atoms with van der Waals surface area (Å²) in [6.07, 6.45) is 4.36. The summed E-state index contributed by atoms with van der Waals surface area (Å²) in [4.78, 5) is 12.6. The lowest BCUT2D eigenvalue weighted by Crippen LogP contribution is -2.47. The predicted molar refractivity (Wildman–Crippen MR) is 87.2 cm³/mol. The van der Waals surface area contributed by atoms with E-state index in [-0.39, 0.29) is 23.4 Å². The number of amides is 1. The van der Waals surface area contributed by atoms with Crippen LogP contribution in [-0.4, -0.2) is 11.9 Å². The largest absolute Gasteiger partial charge is 0.346 e. The minimum Gasteiger partial charge on any atom is -0.346 e. The maximum Gasteiger partial charge on any atom is 0.223 e. The van der Waals surface area contributed by atoms with Gasteiger partial charge < -0.3 is 11.1 Å². The second kappa shape index (κ2) is 6.80. The highest BCUT2D eigenvalue weighted by Crippen LogP contribution is 2.32. The molecular weight excluding hydrogens is 284 g/mol. The number of rotatable bonds is 5. The van der Waals surface area contributed by atoms with Crippen molar-refractivity contribution in [2.24, 2.45) is 11.7 Å². The van der Waals surface area contributed by atoms with Crippen molar-refractivity contribution in [3.05, 3.63) is 34.9 Å². The Labute approximate surface area is 132 Å². The molecule has 2 unspecified atom stereocenters. The molecule has 0 saturated heterocycles. The van der Waals surface area contributed by atoms with Gasteiger partial charge in [-0.05, 0) is 49.8 Å². The lowest BCUT2D eigenvalue weighted by molar-refractivity contribution is -0.127. The van der Waals surface area contributed by atoms with E-state index in [2.05, 4.69) is 19.2 Å². The monoisotopic (exact) mass is 308 g/mol. The van der Waals surface area contributed by atoms with E-state index in [1.54, 1.807) is 0 Å². The third-order valence-corrected chi connectivity index (χ3v) is 5.06. The number of halogens is 1. The SMILES string of the molecule is CCC(CC)(NC(=O)C1CCC(N)C1)c1ccc(Cl)cc1. The number of nitrogens with one attached hydrogen (secondary N) is 1. The summed E-state index contributed by atoms with van der Waals surface area (Å²) in [6.45, 7) is 4.22. The molecule has 0 aliphatic heterocycles. The molecule has 2 rings (SSSR count). The Morgan fingerprint density at radius 3 is 2.38 bits per heavy atom. The van der Waals surface area contributed by atoms with Crippen molar-refractivity contribution in [3.63, 3.8) is 0 Å². The van der Waals surface area contributed by atoms with Gasteiger partial charge in [0.05, 0.1) is 5.54 Å². The van der Waals surface area contributed by atoms with Gasteiger partial charge in [0.2, 0.25) is 5.91 Å². The molecule has 0 spiro atoms. The average molecular weight is 309 g/mol. The van der Waals surface area contributed by atoms with Crippen LogP contribution in [0.4, 0.5) is 0 Å². The number of carbonyl (C=O) groups excluding carboxylic acids is 1. The molecule has 1 fully saturated rings. The van der Waals surface area contributed by atoms with E-state index in [9.17, 15) is 4.79 Å². The van der Waals surface area contributed by atoms with Crippen LogP contribution in [0.15, 0.2) is 24.3 Å². The van der Waals surface area contributed by atoms with Gasteiger partial charge in [0, 0.05) is 17.0 Å². The lowest BCUT2D eigenvalue weighted by atomic mass is 9.84. The summed E-state index contributed by atoms with van der Waals surface area (Å²) < 4.78 is 0. The standard InChI is InChI=1S/C17H25ClN2O/c1-3-17(4-2,13-6-8-14(18)9-7-13)20-16(21)12-5-10-15(19)11-12/h6-9,12,15H,3-5,10-11,19H2,1-2H3,(H,20,21). The molecule has 0 heterocycles. The molecule has 1 aromatic rings. The molecule has 3 N–H and O–H groups in total. The topological polar surface area (TPSA) is 55.1 Å². The van der Waals surface area contributed by atoms with Gasteiger partial charge in [0.1, 0.15) is 0 Å². The van der Waals surface area contributed by atoms with Crippen LogP contribution in [0, 0.1) is 5.92 Å². The zero-order chi connectivity index (χ0) is 15.5. The average Bonchev–Trinajstić information content (AvgIpc) is 2.92. The first-order valence-corrected chi connectivity index (χ1v) is 8.22. The van der Waals surface area contributed by atoms with Crippen LogP contribution in [0.1, 0.15) is 51.5 Å². The van der Waals surface area contributed by atoms with Gasteiger partial charge >= 0.3 is 0 Å². The third kappa shape index (κ3) is 3.58. The molecule has 1 amide bonds. The Balaban J connectivity index is 2.18. The second-order valence-electron chi connectivity index (χ2n) is 6.06. The molecule has 0 bridgehead atoms. The first kappa shape index (κ1) is 16.3. The molecule has 2 atom stereocenters. The molecule has 21 heavy (non-hydrogen) atoms. The molecule has 1 aliphatic rings. The Morgan fingerprint density at radius 2 is 1.90 bits per heavy atom. The smallest absolute Gasteiger partial charge is 0.223 e. The molecule has 1 aliphatic carbocycles. The van der Waals surface area contributed by atoms with Crippen molar-refractivity contribution in [1.29, 1.82) is 0 Å². The van der Waals surface area contributed by atoms with Crippen LogP contribution in [0.3, 0.4) is 0 Å². The number of carbonyl (C=O) groups is 1. The van der Waals surface area contributed by atoms with Crippen molar-refractivity contribution < 1.29 is 4.79 Å². The van der Waals surface area contributed by atoms with Gasteiger partial charge in [-0.15, -0.1) is 0 Å². The quantitative estimate of drug-likeness (QED) is 0.873. The van der Waals surface area contributed by atoms with E-state index in [1.807, 2.05) is 24.3 Å². The minimum absolute atomic E-state index is 0.0600. The maximum atomic E-state index is 12.6. The number of nitrogens with two attached hydrogens (primary N) is 1. The number of hydrogen-bond donors (Lipinski definition) is 2. The molecular formula is C17H25ClN2O. The van der Waals surface area contributed by atoms with Gasteiger partial charge in [0.15, 0.2) is 0 Å². The molecule has 116 valence electrons. The van der Waals surface area contributed by atoms with Crippen LogP contribution in [-0.2, 0) is 10.3 Å². The summed E-state index contributed by atoms with van der Waals surface area (Å²) in [7, 11) is 0. The van der Waals surface area contributed by atoms with Crippen LogP contribution >= 0.6 is 11.6 Å². The van der Waals surface area contributed by atoms with Gasteiger partial charge in [-0.25, -0.2) is 0 Å². The third-order valence-electron chi connectivity index (χ3n) is 4.81. The van der Waals surface area contributed by atoms with Crippen molar-refractivity contribution >= 4 is 17.5 Å². The van der Waals surface area contributed by atoms with E-state index < -0.39 is 0 Å². The van der Waals surface area contributed by atoms with Crippen LogP contribution < -0.4 is 11.1 Å². The van der Waals surface area contributed by atoms with Crippen molar-refractivity contribution in [3.8, 4) is 0 Å². The highest BCUT2D eigenvalue weighted by Gasteiger charge is 2.35. The van der Waals surface area contributed by atoms with Crippen molar-refractivity contribution in [2.75, 3.05) is 0 Å². The molecule has 1 aromatic carbocycles. The van der Waals surface area contributed by atoms with Crippen LogP contribution in [0.2, 0.25) is 5.02 Å². The fourth-order valence-corrected chi connectivity index (χ4v) is 3.39. The molecule has 3 nitrogen and oxygen atoms in total. The molecule has 0 aromatic heterocycles. The van der Waals surface area contributed by atoms with Gasteiger partial charge in [-0.2, -0.15) is 0 Å². The minimum atomic E-state index is -0.311. The van der Waals surface area contributed by atoms with Gasteiger partial charge in [-0.3, -0.25) is 4.79 Å². The van der Waals surface area contributed by atoms with E-state index >= 15 is 0 Å². The zero-order valence-corrected chi connectivity index (χ0v) is 13.6. The summed E-state index contributed by atoms with van der Waals surface area (Å²) in [6, 6.07) is 7.96. The van der Waals surface area contributed by atoms with Gasteiger partial charge in [0.25, 0.3) is 0 Å². The van der Waals surface area contributed by atoms with E-state index in [0.717, 1.165) is 37.7 Å². The maximum absolute atomic E-state index is 12.6. The molecule has 1 saturated carbocycles. The predicted octanol–water partition coefficient (Wildman–Crippen LogP) is 3.60. The first-order valence-electron chi connectivity index (χ1n) is 7.84. The highest BCUT2D eigenvalue weighted by atomic mass is 35.5. The Bertz CT molecular complexity index is 482. The highest BCUT2D eigenvalue weighted by molar-refractivity contribution is 6.30. The summed E-state index contributed by atoms with van der Waals surface area (Å²) in [5.74, 6) is 0.200. The Morgan fingerprint density at radius 1 is 1.29 bits per heavy atom. The first-order chi connectivity index (χ1) is 10.0. The normalized spacial score (nSPS) is 22.3. The van der Waals surface area contributed by atoms with E-state index in [1.165, 1.54) is 0 Å². The Kier molecular flexibility index (Phi) is 5.28. The zero-order valence-electron chi connectivity index (χ0n) is 12.9. The van der Waals surface area contributed by atoms with Crippen LogP contribution in [0.25, 0.3) is 0 Å². The number of benzene rings is 1. The summed E-state index contributed by atoms with van der Waals surface area (Å²) in [5, 5.41) is 4.01. The number of hydrogen-bond acceptors (Lipinski definition) is 2. The lowest BCUT2D eigenvalue weighted by Gasteiger charge is -2.34. The Hall–Kier alpha value is -1.06. The second-order valence-corrected chi connectivity index (χ2v) is 6.49. The summed E-state index contributed by atoms with van der Waals surface area (Å²) >= 11 is 5.97. The van der Waals surface area contributed by atoms with Gasteiger partial charge in [-0.1, -0.05) is 37.6 Å². The van der Waals surface area contributed by atoms with Crippen molar-refractivity contribution in [1.82, 2.24) is 5.32 Å². The van der Waals surface area contributed by atoms with E-state index in [0.29, 0.717) is 5.02 Å².